The van der Waals surface area contributed by atoms with Gasteiger partial charge >= 0.3 is 12.1 Å². The van der Waals surface area contributed by atoms with Gasteiger partial charge in [0.15, 0.2) is 12.3 Å². The molecule has 0 aromatic heterocycles. The number of esters is 1. The first kappa shape index (κ1) is 59.6. The fraction of sp³-hybridized carbons (Fsp3) is 0.429. The van der Waals surface area contributed by atoms with Crippen LogP contribution in [0.2, 0.25) is 5.02 Å². The van der Waals surface area contributed by atoms with Gasteiger partial charge in [0.1, 0.15) is 50.9 Å². The predicted octanol–water partition coefficient (Wildman–Crippen LogP) is 5.72. The van der Waals surface area contributed by atoms with Crippen molar-refractivity contribution in [1.29, 1.82) is 0 Å². The van der Waals surface area contributed by atoms with Crippen LogP contribution in [0.25, 0.3) is 0 Å². The van der Waals surface area contributed by atoms with Crippen molar-refractivity contribution in [3.05, 3.63) is 112 Å². The molecule has 4 bridgehead atoms. The van der Waals surface area contributed by atoms with E-state index in [1.165, 1.54) is 57.4 Å². The number of carbonyl (C=O) groups is 7. The lowest BCUT2D eigenvalue weighted by Crippen LogP contribution is -2.64. The molecule has 7 atom stereocenters. The van der Waals surface area contributed by atoms with Crippen molar-refractivity contribution in [1.82, 2.24) is 15.6 Å². The number of ether oxygens (including phenoxy) is 6. The molecule has 6 amide bonds. The average Bonchev–Trinajstić information content (AvgIpc) is 1.54. The van der Waals surface area contributed by atoms with E-state index >= 15 is 0 Å². The Morgan fingerprint density at radius 1 is 0.988 bits per heavy atom. The maximum atomic E-state index is 14.4. The summed E-state index contributed by atoms with van der Waals surface area (Å²) in [6.45, 7) is 6.50. The summed E-state index contributed by atoms with van der Waals surface area (Å²) in [5.41, 5.74) is -1.04. The zero-order valence-corrected chi connectivity index (χ0v) is 47.1. The lowest BCUT2D eigenvalue weighted by Gasteiger charge is -2.42. The topological polar surface area (TPSA) is 308 Å². The van der Waals surface area contributed by atoms with E-state index in [1.54, 1.807) is 49.4 Å². The van der Waals surface area contributed by atoms with Gasteiger partial charge in [-0.2, -0.15) is 13.5 Å². The lowest BCUT2D eigenvalue weighted by atomic mass is 9.83. The quantitative estimate of drug-likeness (QED) is 0.0205. The summed E-state index contributed by atoms with van der Waals surface area (Å²) in [5.74, 6) is -3.20. The van der Waals surface area contributed by atoms with E-state index in [0.29, 0.717) is 42.7 Å². The van der Waals surface area contributed by atoms with Gasteiger partial charge < -0.3 is 43.7 Å². The number of hydrogen-bond acceptors (Lipinski definition) is 17. The van der Waals surface area contributed by atoms with Gasteiger partial charge in [0.25, 0.3) is 27.8 Å². The minimum absolute atomic E-state index is 0.0151. The minimum atomic E-state index is -5.00. The maximum absolute atomic E-state index is 14.4. The molecule has 4 heterocycles. The van der Waals surface area contributed by atoms with Crippen molar-refractivity contribution < 1.29 is 80.1 Å². The zero-order valence-electron chi connectivity index (χ0n) is 45.5. The van der Waals surface area contributed by atoms with Gasteiger partial charge in [0.2, 0.25) is 11.8 Å². The van der Waals surface area contributed by atoms with Crippen molar-refractivity contribution in [3.8, 4) is 11.5 Å². The fourth-order valence-electron chi connectivity index (χ4n) is 10.7. The highest BCUT2D eigenvalue weighted by atomic mass is 35.5. The lowest BCUT2D eigenvalue weighted by molar-refractivity contribution is -0.156. The number of amides is 6. The first-order valence-electron chi connectivity index (χ1n) is 25.9. The average molecular weight is 1160 g/mol. The fourth-order valence-corrected chi connectivity index (χ4v) is 11.7. The highest BCUT2D eigenvalue weighted by Crippen LogP contribution is 2.72. The Balaban J connectivity index is 0.941. The van der Waals surface area contributed by atoms with E-state index in [0.717, 1.165) is 28.2 Å². The van der Waals surface area contributed by atoms with Gasteiger partial charge in [-0.3, -0.25) is 38.7 Å². The third-order valence-electron chi connectivity index (χ3n) is 15.2. The van der Waals surface area contributed by atoms with E-state index in [-0.39, 0.29) is 48.0 Å². The van der Waals surface area contributed by atoms with Gasteiger partial charge in [0.05, 0.1) is 30.5 Å². The molecule has 8 rings (SSSR count). The molecule has 3 aromatic rings. The number of allylic oxidation sites excluding steroid dienone is 3. The summed E-state index contributed by atoms with van der Waals surface area (Å²) in [6, 6.07) is 13.1. The molecule has 4 unspecified atom stereocenters. The van der Waals surface area contributed by atoms with E-state index < -0.39 is 116 Å². The Labute approximate surface area is 472 Å². The summed E-state index contributed by atoms with van der Waals surface area (Å²) >= 11 is 6.83. The summed E-state index contributed by atoms with van der Waals surface area (Å²) in [5, 5.41) is 21.4. The van der Waals surface area contributed by atoms with Crippen LogP contribution in [0.1, 0.15) is 94.1 Å². The van der Waals surface area contributed by atoms with Crippen molar-refractivity contribution in [2.24, 2.45) is 10.5 Å². The van der Waals surface area contributed by atoms with Crippen molar-refractivity contribution >= 4 is 80.4 Å². The standard InChI is InChI=1S/C56H63ClN6O17S/c1-32-13-11-16-42(76-7)56(71)31-55(80-52(70)59-56)30-53(55,3)51-54(4,79-51)43(28-47(67)62(5)39-24-34(23-32)25-40(75-6)49(39)57)78-48(68)29-77-37-15-12-14-35(26-37)33(2)60-61-50(69)38-19-18-36(27-41(38)81(72,73)74)58-44(64)17-9-8-10-22-63-45(65)20-21-46(63)66/h11-16,18-21,24-27,42-43,51,71H,8-10,17,22-23,28-31H2,1-7H3,(H,58,64)(H,59,70)(H,61,69)(H,72,73,74)/b16-11+,32-13+,60-33+/t42-,43+,51?,53?,54?,55?,56+/m1/s1. The Morgan fingerprint density at radius 2 is 1.73 bits per heavy atom. The molecule has 5 N–H and O–H groups in total. The number of nitrogens with zero attached hydrogens (tertiary/aromatic N) is 3. The van der Waals surface area contributed by atoms with Crippen LogP contribution in [0.3, 0.4) is 0 Å². The molecule has 1 aliphatic carbocycles. The van der Waals surface area contributed by atoms with Crippen LogP contribution in [0.4, 0.5) is 16.2 Å². The number of halogens is 1. The van der Waals surface area contributed by atoms with Crippen LogP contribution in [-0.2, 0) is 59.5 Å². The zero-order chi connectivity index (χ0) is 58.8. The van der Waals surface area contributed by atoms with Gasteiger partial charge in [-0.25, -0.2) is 15.0 Å². The molecule has 2 saturated heterocycles. The largest absolute Gasteiger partial charge is 0.495 e. The number of hydrogen-bond donors (Lipinski definition) is 5. The third-order valence-corrected chi connectivity index (χ3v) is 16.5. The molecule has 3 fully saturated rings. The highest BCUT2D eigenvalue weighted by molar-refractivity contribution is 7.86. The monoisotopic (exact) mass is 1160 g/mol. The van der Waals surface area contributed by atoms with Crippen molar-refractivity contribution in [3.63, 3.8) is 0 Å². The number of epoxide rings is 1. The summed E-state index contributed by atoms with van der Waals surface area (Å²) in [6.07, 6.45) is 5.29. The first-order chi connectivity index (χ1) is 38.2. The Bertz CT molecular complexity index is 3290. The molecule has 1 saturated carbocycles. The molecule has 25 heteroatoms. The number of nitrogens with one attached hydrogen (secondary N) is 3. The van der Waals surface area contributed by atoms with Gasteiger partial charge in [-0.1, -0.05) is 60.9 Å². The number of benzene rings is 3. The number of methoxy groups -OCH3 is 2. The van der Waals surface area contributed by atoms with Crippen LogP contribution in [0.5, 0.6) is 11.5 Å². The van der Waals surface area contributed by atoms with Crippen LogP contribution in [0, 0.1) is 5.41 Å². The van der Waals surface area contributed by atoms with Crippen LogP contribution in [-0.4, -0.2) is 140 Å². The number of unbranched alkanes of at least 4 members (excludes halogenated alkanes) is 2. The number of carbonyl (C=O) groups excluding carboxylic acids is 7. The van der Waals surface area contributed by atoms with Gasteiger partial charge in [-0.05, 0) is 94.5 Å². The van der Waals surface area contributed by atoms with E-state index in [1.807, 2.05) is 19.9 Å². The predicted molar refractivity (Wildman–Crippen MR) is 292 cm³/mol. The van der Waals surface area contributed by atoms with Gasteiger partial charge in [0, 0.05) is 62.4 Å². The third kappa shape index (κ3) is 13.0. The van der Waals surface area contributed by atoms with E-state index in [4.69, 9.17) is 40.0 Å². The summed E-state index contributed by atoms with van der Waals surface area (Å²) < 4.78 is 70.6. The summed E-state index contributed by atoms with van der Waals surface area (Å²) in [7, 11) is -0.595. The van der Waals surface area contributed by atoms with Crippen LogP contribution in [0.15, 0.2) is 101 Å². The highest BCUT2D eigenvalue weighted by Gasteiger charge is 2.83. The smallest absolute Gasteiger partial charge is 0.410 e. The van der Waals surface area contributed by atoms with Crippen molar-refractivity contribution in [2.75, 3.05) is 44.6 Å². The number of fused-ring (bicyclic) bond motifs is 5. The molecule has 23 nitrogen and oxygen atoms in total. The second-order valence-corrected chi connectivity index (χ2v) is 22.8. The molecule has 4 aliphatic heterocycles. The van der Waals surface area contributed by atoms with E-state index in [2.05, 4.69) is 21.2 Å². The Kier molecular flexibility index (Phi) is 17.3. The van der Waals surface area contributed by atoms with Gasteiger partial charge in [-0.15, -0.1) is 0 Å². The molecular formula is C56H63ClN6O17S. The minimum Gasteiger partial charge on any atom is -0.495 e. The molecule has 1 spiro atoms. The molecule has 81 heavy (non-hydrogen) atoms. The second-order valence-electron chi connectivity index (χ2n) is 21.0. The Hall–Kier alpha value is -7.48. The first-order valence-corrected chi connectivity index (χ1v) is 27.7. The molecule has 0 radical (unpaired) electrons. The number of aliphatic hydroxyl groups is 1. The summed E-state index contributed by atoms with van der Waals surface area (Å²) in [4.78, 5) is 92.7. The van der Waals surface area contributed by atoms with Crippen molar-refractivity contribution in [2.45, 2.75) is 119 Å². The Morgan fingerprint density at radius 3 is 2.43 bits per heavy atom. The molecule has 5 aliphatic rings. The number of anilines is 2. The number of rotatable bonds is 17. The van der Waals surface area contributed by atoms with Crippen LogP contribution >= 0.6 is 11.6 Å². The van der Waals surface area contributed by atoms with E-state index in [9.17, 15) is 51.6 Å². The molecule has 432 valence electrons. The molecular weight excluding hydrogens is 1100 g/mol. The normalized spacial score (nSPS) is 27.4. The maximum Gasteiger partial charge on any atom is 0.410 e. The number of imide groups is 1. The van der Waals surface area contributed by atoms with Crippen LogP contribution < -0.4 is 30.4 Å². The number of alkyl carbamates (subject to hydrolysis) is 1. The SMILES string of the molecule is COc1cc2cc(c1Cl)N(C)C(=O)C[C@H](OC(=O)COc1cccc(/C(C)=N/NC(=O)c3ccc(NC(=O)CCCCCN4C(=O)C=CC4=O)cc3S(=O)(=O)O)c1)C1(C)OC1C1(C)CC13C[C@@](O)(NC(=O)O3)[C@H](OC)/C=C/C=C(\C)C2. The second kappa shape index (κ2) is 23.5. The number of hydrazone groups is 1. The molecule has 3 aromatic carbocycles.